The first-order valence-electron chi connectivity index (χ1n) is 7.30. The van der Waals surface area contributed by atoms with Crippen LogP contribution in [-0.2, 0) is 10.0 Å². The molecule has 2 rings (SSSR count). The molecule has 1 N–H and O–H groups in total. The van der Waals surface area contributed by atoms with Crippen molar-refractivity contribution in [3.8, 4) is 0 Å². The van der Waals surface area contributed by atoms with E-state index in [4.69, 9.17) is 0 Å². The highest BCUT2D eigenvalue weighted by Gasteiger charge is 2.13. The molecule has 1 aromatic rings. The minimum Gasteiger partial charge on any atom is -0.303 e. The first-order chi connectivity index (χ1) is 9.68. The Bertz CT molecular complexity index is 482. The molecule has 6 heteroatoms. The van der Waals surface area contributed by atoms with Crippen LogP contribution in [0.25, 0.3) is 0 Å². The lowest BCUT2D eigenvalue weighted by Crippen LogP contribution is -2.30. The third-order valence-corrected chi connectivity index (χ3v) is 5.03. The van der Waals surface area contributed by atoms with Crippen LogP contribution in [-0.4, -0.2) is 44.5 Å². The zero-order valence-corrected chi connectivity index (χ0v) is 12.6. The van der Waals surface area contributed by atoms with E-state index in [1.807, 2.05) is 0 Å². The van der Waals surface area contributed by atoms with Crippen molar-refractivity contribution in [2.24, 2.45) is 0 Å². The summed E-state index contributed by atoms with van der Waals surface area (Å²) in [6.45, 7) is 3.74. The fraction of sp³-hybridized carbons (Fsp3) is 0.643. The van der Waals surface area contributed by atoms with Crippen molar-refractivity contribution in [2.45, 2.75) is 37.0 Å². The Morgan fingerprint density at radius 2 is 1.95 bits per heavy atom. The highest BCUT2D eigenvalue weighted by molar-refractivity contribution is 7.89. The number of sulfonamides is 1. The van der Waals surface area contributed by atoms with Crippen LogP contribution in [0.2, 0.25) is 0 Å². The summed E-state index contributed by atoms with van der Waals surface area (Å²) in [4.78, 5) is 6.50. The maximum absolute atomic E-state index is 12.0. The van der Waals surface area contributed by atoms with E-state index < -0.39 is 10.0 Å². The number of nitrogens with zero attached hydrogens (tertiary/aromatic N) is 2. The first-order valence-corrected chi connectivity index (χ1v) is 8.79. The first kappa shape index (κ1) is 15.4. The van der Waals surface area contributed by atoms with Crippen molar-refractivity contribution in [1.82, 2.24) is 14.6 Å². The van der Waals surface area contributed by atoms with Crippen molar-refractivity contribution in [3.05, 3.63) is 24.5 Å². The van der Waals surface area contributed by atoms with E-state index in [1.54, 1.807) is 18.3 Å². The van der Waals surface area contributed by atoms with Gasteiger partial charge in [-0.15, -0.1) is 0 Å². The van der Waals surface area contributed by atoms with Crippen molar-refractivity contribution >= 4 is 10.0 Å². The second kappa shape index (κ2) is 7.71. The van der Waals surface area contributed by atoms with Gasteiger partial charge in [0, 0.05) is 18.9 Å². The van der Waals surface area contributed by atoms with Gasteiger partial charge < -0.3 is 4.90 Å². The van der Waals surface area contributed by atoms with Crippen LogP contribution in [0.1, 0.15) is 32.1 Å². The van der Waals surface area contributed by atoms with E-state index in [9.17, 15) is 8.42 Å². The molecule has 1 aliphatic rings. The van der Waals surface area contributed by atoms with Gasteiger partial charge in [0.1, 0.15) is 4.90 Å². The lowest BCUT2D eigenvalue weighted by molar-refractivity contribution is 0.282. The van der Waals surface area contributed by atoms with Crippen molar-refractivity contribution in [2.75, 3.05) is 26.2 Å². The Labute approximate surface area is 121 Å². The minimum absolute atomic E-state index is 0.231. The van der Waals surface area contributed by atoms with Gasteiger partial charge in [-0.25, -0.2) is 13.1 Å². The normalized spacial score (nSPS) is 17.8. The third kappa shape index (κ3) is 4.85. The smallest absolute Gasteiger partial charge is 0.242 e. The summed E-state index contributed by atoms with van der Waals surface area (Å²) in [6, 6.07) is 3.19. The highest BCUT2D eigenvalue weighted by atomic mass is 32.2. The number of hydrogen-bond donors (Lipinski definition) is 1. The van der Waals surface area contributed by atoms with Crippen LogP contribution in [0.15, 0.2) is 29.4 Å². The molecule has 112 valence electrons. The van der Waals surface area contributed by atoms with Crippen molar-refractivity contribution < 1.29 is 8.42 Å². The molecule has 1 aromatic heterocycles. The number of aromatic nitrogens is 1. The van der Waals surface area contributed by atoms with Gasteiger partial charge in [0.25, 0.3) is 0 Å². The van der Waals surface area contributed by atoms with Gasteiger partial charge in [-0.3, -0.25) is 4.98 Å². The fourth-order valence-electron chi connectivity index (χ4n) is 2.46. The molecule has 1 saturated heterocycles. The van der Waals surface area contributed by atoms with E-state index >= 15 is 0 Å². The average molecular weight is 297 g/mol. The van der Waals surface area contributed by atoms with E-state index in [1.165, 1.54) is 31.9 Å². The standard InChI is InChI=1S/C14H23N3O2S/c18-20(19,14-7-5-8-15-13-14)16-9-6-12-17-10-3-1-2-4-11-17/h5,7-8,13,16H,1-4,6,9-12H2. The molecule has 20 heavy (non-hydrogen) atoms. The second-order valence-electron chi connectivity index (χ2n) is 5.20. The highest BCUT2D eigenvalue weighted by Crippen LogP contribution is 2.10. The second-order valence-corrected chi connectivity index (χ2v) is 6.96. The lowest BCUT2D eigenvalue weighted by Gasteiger charge is -2.19. The lowest BCUT2D eigenvalue weighted by atomic mass is 10.2. The van der Waals surface area contributed by atoms with Gasteiger partial charge in [-0.05, 0) is 51.0 Å². The number of pyridine rings is 1. The largest absolute Gasteiger partial charge is 0.303 e. The molecular formula is C14H23N3O2S. The molecule has 0 atom stereocenters. The predicted molar refractivity (Wildman–Crippen MR) is 79.0 cm³/mol. The quantitative estimate of drug-likeness (QED) is 0.811. The van der Waals surface area contributed by atoms with Crippen LogP contribution in [0.4, 0.5) is 0 Å². The van der Waals surface area contributed by atoms with Gasteiger partial charge in [0.2, 0.25) is 10.0 Å². The summed E-state index contributed by atoms with van der Waals surface area (Å²) in [7, 11) is -3.40. The summed E-state index contributed by atoms with van der Waals surface area (Å²) in [5, 5.41) is 0. The molecule has 1 aliphatic heterocycles. The molecule has 5 nitrogen and oxygen atoms in total. The Kier molecular flexibility index (Phi) is 5.94. The van der Waals surface area contributed by atoms with Crippen LogP contribution in [0, 0.1) is 0 Å². The molecule has 0 unspecified atom stereocenters. The monoisotopic (exact) mass is 297 g/mol. The maximum Gasteiger partial charge on any atom is 0.242 e. The Balaban J connectivity index is 1.72. The number of nitrogens with one attached hydrogen (secondary N) is 1. The molecule has 0 amide bonds. The zero-order valence-electron chi connectivity index (χ0n) is 11.8. The maximum atomic E-state index is 12.0. The van der Waals surface area contributed by atoms with Crippen molar-refractivity contribution in [3.63, 3.8) is 0 Å². The summed E-state index contributed by atoms with van der Waals surface area (Å²) < 4.78 is 26.6. The number of rotatable bonds is 6. The van der Waals surface area contributed by atoms with Crippen LogP contribution in [0.5, 0.6) is 0 Å². The minimum atomic E-state index is -3.40. The molecule has 0 aliphatic carbocycles. The summed E-state index contributed by atoms with van der Waals surface area (Å²) >= 11 is 0. The van der Waals surface area contributed by atoms with Gasteiger partial charge in [-0.1, -0.05) is 12.8 Å². The molecule has 0 bridgehead atoms. The number of hydrogen-bond acceptors (Lipinski definition) is 4. The van der Waals surface area contributed by atoms with E-state index in [2.05, 4.69) is 14.6 Å². The Morgan fingerprint density at radius 1 is 1.20 bits per heavy atom. The van der Waals surface area contributed by atoms with Gasteiger partial charge in [0.05, 0.1) is 0 Å². The molecular weight excluding hydrogens is 274 g/mol. The van der Waals surface area contributed by atoms with Gasteiger partial charge >= 0.3 is 0 Å². The van der Waals surface area contributed by atoms with Crippen molar-refractivity contribution in [1.29, 1.82) is 0 Å². The summed E-state index contributed by atoms with van der Waals surface area (Å²) in [5.74, 6) is 0. The summed E-state index contributed by atoms with van der Waals surface area (Å²) in [6.07, 6.45) is 8.96. The van der Waals surface area contributed by atoms with Crippen LogP contribution in [0.3, 0.4) is 0 Å². The Morgan fingerprint density at radius 3 is 2.60 bits per heavy atom. The average Bonchev–Trinajstić information content (AvgIpc) is 2.73. The molecule has 0 saturated carbocycles. The van der Waals surface area contributed by atoms with Gasteiger partial charge in [0.15, 0.2) is 0 Å². The van der Waals surface area contributed by atoms with E-state index in [0.29, 0.717) is 6.54 Å². The molecule has 0 spiro atoms. The van der Waals surface area contributed by atoms with Gasteiger partial charge in [-0.2, -0.15) is 0 Å². The van der Waals surface area contributed by atoms with Crippen LogP contribution >= 0.6 is 0 Å². The van der Waals surface area contributed by atoms with E-state index in [0.717, 1.165) is 26.1 Å². The third-order valence-electron chi connectivity index (χ3n) is 3.59. The predicted octanol–water partition coefficient (Wildman–Crippen LogP) is 1.63. The molecule has 0 radical (unpaired) electrons. The van der Waals surface area contributed by atoms with E-state index in [-0.39, 0.29) is 4.90 Å². The SMILES string of the molecule is O=S(=O)(NCCCN1CCCCCC1)c1cccnc1. The molecule has 0 aromatic carbocycles. The Hall–Kier alpha value is -0.980. The van der Waals surface area contributed by atoms with Crippen LogP contribution < -0.4 is 4.72 Å². The summed E-state index contributed by atoms with van der Waals surface area (Å²) in [5.41, 5.74) is 0. The fourth-order valence-corrected chi connectivity index (χ4v) is 3.50. The molecule has 1 fully saturated rings. The topological polar surface area (TPSA) is 62.3 Å². The number of likely N-dealkylation sites (tertiary alicyclic amines) is 1. The zero-order chi connectivity index (χ0) is 14.3. The molecule has 2 heterocycles.